The summed E-state index contributed by atoms with van der Waals surface area (Å²) in [6.07, 6.45) is 2.30. The summed E-state index contributed by atoms with van der Waals surface area (Å²) in [5.41, 5.74) is 3.73. The molecule has 0 spiro atoms. The maximum atomic E-state index is 12.5. The van der Waals surface area contributed by atoms with Crippen LogP contribution in [0.1, 0.15) is 30.5 Å². The first-order chi connectivity index (χ1) is 12.3. The molecule has 1 amide bonds. The van der Waals surface area contributed by atoms with E-state index in [1.54, 1.807) is 6.33 Å². The highest BCUT2D eigenvalue weighted by Crippen LogP contribution is 2.20. The number of carbonyl (C=O) groups excluding carboxylic acids is 1. The Balaban J connectivity index is 1.68. The Morgan fingerprint density at radius 1 is 1.00 bits per heavy atom. The highest BCUT2D eigenvalue weighted by Gasteiger charge is 2.18. The number of aromatic nitrogens is 2. The highest BCUT2D eigenvalue weighted by molar-refractivity contribution is 5.83. The standard InChI is InChI=1S/C21H21N3O/c1-2-19(16-9-5-3-6-10-16)21(25)22-14-18-13-20(24-15-23-18)17-11-7-4-8-12-17/h3-13,15,19H,2,14H2,1H3,(H,22,25). The van der Waals surface area contributed by atoms with Crippen LogP contribution in [-0.2, 0) is 11.3 Å². The number of benzene rings is 2. The van der Waals surface area contributed by atoms with Crippen LogP contribution in [0.5, 0.6) is 0 Å². The number of hydrogen-bond donors (Lipinski definition) is 1. The van der Waals surface area contributed by atoms with Gasteiger partial charge < -0.3 is 5.32 Å². The lowest BCUT2D eigenvalue weighted by molar-refractivity contribution is -0.122. The van der Waals surface area contributed by atoms with Gasteiger partial charge in [0.05, 0.1) is 23.9 Å². The lowest BCUT2D eigenvalue weighted by Gasteiger charge is -2.15. The summed E-state index contributed by atoms with van der Waals surface area (Å²) in [6, 6.07) is 21.7. The molecule has 3 rings (SSSR count). The number of rotatable bonds is 6. The maximum Gasteiger partial charge on any atom is 0.227 e. The van der Waals surface area contributed by atoms with Gasteiger partial charge in [-0.1, -0.05) is 67.6 Å². The van der Waals surface area contributed by atoms with Gasteiger partial charge in [-0.05, 0) is 18.1 Å². The van der Waals surface area contributed by atoms with Crippen LogP contribution in [0.15, 0.2) is 73.1 Å². The quantitative estimate of drug-likeness (QED) is 0.744. The molecule has 0 radical (unpaired) electrons. The normalized spacial score (nSPS) is 11.7. The largest absolute Gasteiger partial charge is 0.350 e. The van der Waals surface area contributed by atoms with Gasteiger partial charge in [-0.15, -0.1) is 0 Å². The Hall–Kier alpha value is -3.01. The van der Waals surface area contributed by atoms with Crippen LogP contribution in [0.2, 0.25) is 0 Å². The molecule has 0 bridgehead atoms. The van der Waals surface area contributed by atoms with Crippen LogP contribution in [0.3, 0.4) is 0 Å². The second-order valence-corrected chi connectivity index (χ2v) is 5.85. The second-order valence-electron chi connectivity index (χ2n) is 5.85. The molecule has 1 heterocycles. The summed E-state index contributed by atoms with van der Waals surface area (Å²) in [5, 5.41) is 3.00. The van der Waals surface area contributed by atoms with Gasteiger partial charge in [0.15, 0.2) is 0 Å². The molecule has 1 aromatic heterocycles. The molecule has 2 aromatic carbocycles. The van der Waals surface area contributed by atoms with Crippen LogP contribution in [0.25, 0.3) is 11.3 Å². The van der Waals surface area contributed by atoms with E-state index in [4.69, 9.17) is 0 Å². The van der Waals surface area contributed by atoms with E-state index >= 15 is 0 Å². The third-order valence-corrected chi connectivity index (χ3v) is 4.16. The fraction of sp³-hybridized carbons (Fsp3) is 0.190. The van der Waals surface area contributed by atoms with Gasteiger partial charge in [-0.2, -0.15) is 0 Å². The summed E-state index contributed by atoms with van der Waals surface area (Å²) < 4.78 is 0. The van der Waals surface area contributed by atoms with Gasteiger partial charge in [0.1, 0.15) is 6.33 Å². The first kappa shape index (κ1) is 16.8. The Bertz CT molecular complexity index is 819. The first-order valence-corrected chi connectivity index (χ1v) is 8.47. The van der Waals surface area contributed by atoms with Crippen LogP contribution >= 0.6 is 0 Å². The van der Waals surface area contributed by atoms with Crippen molar-refractivity contribution < 1.29 is 4.79 Å². The molecule has 4 nitrogen and oxygen atoms in total. The minimum absolute atomic E-state index is 0.0218. The van der Waals surface area contributed by atoms with Crippen molar-refractivity contribution in [1.29, 1.82) is 0 Å². The van der Waals surface area contributed by atoms with Crippen LogP contribution in [0.4, 0.5) is 0 Å². The average Bonchev–Trinajstić information content (AvgIpc) is 2.69. The third-order valence-electron chi connectivity index (χ3n) is 4.16. The van der Waals surface area contributed by atoms with Crippen molar-refractivity contribution in [3.63, 3.8) is 0 Å². The van der Waals surface area contributed by atoms with Crippen molar-refractivity contribution in [3.8, 4) is 11.3 Å². The monoisotopic (exact) mass is 331 g/mol. The number of nitrogens with one attached hydrogen (secondary N) is 1. The Morgan fingerprint density at radius 3 is 2.36 bits per heavy atom. The molecule has 0 saturated heterocycles. The van der Waals surface area contributed by atoms with Crippen molar-refractivity contribution in [2.24, 2.45) is 0 Å². The summed E-state index contributed by atoms with van der Waals surface area (Å²) in [4.78, 5) is 21.1. The topological polar surface area (TPSA) is 54.9 Å². The molecule has 0 saturated carbocycles. The van der Waals surface area contributed by atoms with Crippen molar-refractivity contribution in [2.45, 2.75) is 25.8 Å². The van der Waals surface area contributed by atoms with Gasteiger partial charge in [0.2, 0.25) is 5.91 Å². The van der Waals surface area contributed by atoms with Crippen molar-refractivity contribution >= 4 is 5.91 Å². The van der Waals surface area contributed by atoms with E-state index in [0.29, 0.717) is 6.54 Å². The molecule has 1 unspecified atom stereocenters. The van der Waals surface area contributed by atoms with Gasteiger partial charge in [-0.3, -0.25) is 4.79 Å². The third kappa shape index (κ3) is 4.29. The van der Waals surface area contributed by atoms with E-state index in [1.165, 1.54) is 0 Å². The Labute approximate surface area is 148 Å². The number of hydrogen-bond acceptors (Lipinski definition) is 3. The molecule has 0 aliphatic heterocycles. The molecule has 25 heavy (non-hydrogen) atoms. The molecule has 3 aromatic rings. The zero-order valence-corrected chi connectivity index (χ0v) is 14.2. The molecule has 4 heteroatoms. The fourth-order valence-corrected chi connectivity index (χ4v) is 2.82. The van der Waals surface area contributed by atoms with Gasteiger partial charge in [0, 0.05) is 5.56 Å². The molecule has 1 atom stereocenters. The Kier molecular flexibility index (Phi) is 5.52. The maximum absolute atomic E-state index is 12.5. The van der Waals surface area contributed by atoms with E-state index in [-0.39, 0.29) is 11.8 Å². The molecule has 0 aliphatic carbocycles. The van der Waals surface area contributed by atoms with Gasteiger partial charge >= 0.3 is 0 Å². The lowest BCUT2D eigenvalue weighted by Crippen LogP contribution is -2.29. The fourth-order valence-electron chi connectivity index (χ4n) is 2.82. The minimum atomic E-state index is -0.142. The summed E-state index contributed by atoms with van der Waals surface area (Å²) in [7, 11) is 0. The lowest BCUT2D eigenvalue weighted by atomic mass is 9.95. The molecular weight excluding hydrogens is 310 g/mol. The second kappa shape index (κ2) is 8.20. The van der Waals surface area contributed by atoms with E-state index in [0.717, 1.165) is 28.9 Å². The van der Waals surface area contributed by atoms with Crippen molar-refractivity contribution in [2.75, 3.05) is 0 Å². The van der Waals surface area contributed by atoms with Crippen molar-refractivity contribution in [1.82, 2.24) is 15.3 Å². The van der Waals surface area contributed by atoms with Crippen LogP contribution in [0, 0.1) is 0 Å². The molecule has 0 aliphatic rings. The van der Waals surface area contributed by atoms with Crippen LogP contribution in [-0.4, -0.2) is 15.9 Å². The Morgan fingerprint density at radius 2 is 1.68 bits per heavy atom. The molecule has 1 N–H and O–H groups in total. The van der Waals surface area contributed by atoms with Gasteiger partial charge in [-0.25, -0.2) is 9.97 Å². The van der Waals surface area contributed by atoms with Crippen molar-refractivity contribution in [3.05, 3.63) is 84.3 Å². The van der Waals surface area contributed by atoms with E-state index in [2.05, 4.69) is 15.3 Å². The summed E-state index contributed by atoms with van der Waals surface area (Å²) >= 11 is 0. The number of amides is 1. The average molecular weight is 331 g/mol. The molecular formula is C21H21N3O. The van der Waals surface area contributed by atoms with E-state index in [1.807, 2.05) is 73.7 Å². The number of carbonyl (C=O) groups is 1. The summed E-state index contributed by atoms with van der Waals surface area (Å²) in [5.74, 6) is -0.120. The van der Waals surface area contributed by atoms with Gasteiger partial charge in [0.25, 0.3) is 0 Å². The predicted octanol–water partition coefficient (Wildman–Crippen LogP) is 3.95. The van der Waals surface area contributed by atoms with E-state index in [9.17, 15) is 4.79 Å². The highest BCUT2D eigenvalue weighted by atomic mass is 16.1. The van der Waals surface area contributed by atoms with Crippen LogP contribution < -0.4 is 5.32 Å². The minimum Gasteiger partial charge on any atom is -0.350 e. The molecule has 126 valence electrons. The SMILES string of the molecule is CCC(C(=O)NCc1cc(-c2ccccc2)ncn1)c1ccccc1. The predicted molar refractivity (Wildman–Crippen MR) is 98.8 cm³/mol. The zero-order valence-electron chi connectivity index (χ0n) is 14.2. The zero-order chi connectivity index (χ0) is 17.5. The number of nitrogens with zero attached hydrogens (tertiary/aromatic N) is 2. The first-order valence-electron chi connectivity index (χ1n) is 8.47. The molecule has 0 fully saturated rings. The summed E-state index contributed by atoms with van der Waals surface area (Å²) in [6.45, 7) is 2.42. The van der Waals surface area contributed by atoms with E-state index < -0.39 is 0 Å². The smallest absolute Gasteiger partial charge is 0.227 e.